The highest BCUT2D eigenvalue weighted by atomic mass is 35.5. The Kier molecular flexibility index (Phi) is 6.88. The van der Waals surface area contributed by atoms with Gasteiger partial charge in [0.25, 0.3) is 5.91 Å². The van der Waals surface area contributed by atoms with E-state index in [1.807, 2.05) is 24.3 Å². The molecule has 0 unspecified atom stereocenters. The molecule has 2 aliphatic heterocycles. The zero-order chi connectivity index (χ0) is 23.4. The third-order valence-electron chi connectivity index (χ3n) is 6.20. The highest BCUT2D eigenvalue weighted by Crippen LogP contribution is 2.40. The maximum absolute atomic E-state index is 12.9. The molecule has 2 aliphatic rings. The lowest BCUT2D eigenvalue weighted by molar-refractivity contribution is -0.132. The number of nitrogens with one attached hydrogen (secondary N) is 1. The Morgan fingerprint density at radius 1 is 1.15 bits per heavy atom. The second-order valence-corrected chi connectivity index (χ2v) is 9.00. The highest BCUT2D eigenvalue weighted by molar-refractivity contribution is 6.30. The number of halogens is 1. The molecule has 0 aromatic heterocycles. The number of carbonyl (C=O) groups is 3. The molecular formula is C25H27ClN2O5. The van der Waals surface area contributed by atoms with Gasteiger partial charge in [0.15, 0.2) is 12.4 Å². The molecule has 2 aromatic rings. The van der Waals surface area contributed by atoms with Crippen molar-refractivity contribution < 1.29 is 23.9 Å². The van der Waals surface area contributed by atoms with Crippen LogP contribution >= 0.6 is 11.6 Å². The van der Waals surface area contributed by atoms with Gasteiger partial charge in [-0.3, -0.25) is 14.4 Å². The van der Waals surface area contributed by atoms with Gasteiger partial charge in [-0.15, -0.1) is 0 Å². The van der Waals surface area contributed by atoms with Gasteiger partial charge in [0.2, 0.25) is 5.91 Å². The van der Waals surface area contributed by atoms with E-state index in [9.17, 15) is 14.4 Å². The minimum Gasteiger partial charge on any atom is -0.486 e. The summed E-state index contributed by atoms with van der Waals surface area (Å²) in [5.74, 6) is 0.775. The number of rotatable bonds is 6. The topological polar surface area (TPSA) is 84.9 Å². The largest absolute Gasteiger partial charge is 0.486 e. The van der Waals surface area contributed by atoms with E-state index in [-0.39, 0.29) is 30.6 Å². The summed E-state index contributed by atoms with van der Waals surface area (Å²) in [7, 11) is 0. The number of benzene rings is 2. The van der Waals surface area contributed by atoms with Crippen LogP contribution in [0.25, 0.3) is 0 Å². The molecule has 1 spiro atoms. The van der Waals surface area contributed by atoms with E-state index in [0.717, 1.165) is 5.56 Å². The fourth-order valence-electron chi connectivity index (χ4n) is 4.27. The number of ketones is 1. The van der Waals surface area contributed by atoms with Crippen LogP contribution in [-0.4, -0.2) is 54.3 Å². The van der Waals surface area contributed by atoms with Gasteiger partial charge in [-0.25, -0.2) is 0 Å². The van der Waals surface area contributed by atoms with Crippen LogP contribution < -0.4 is 14.8 Å². The van der Waals surface area contributed by atoms with Crippen molar-refractivity contribution in [2.24, 2.45) is 0 Å². The number of amides is 2. The summed E-state index contributed by atoms with van der Waals surface area (Å²) in [6.07, 6.45) is 2.23. The number of hydrogen-bond donors (Lipinski definition) is 1. The summed E-state index contributed by atoms with van der Waals surface area (Å²) in [5.41, 5.74) is 0.997. The van der Waals surface area contributed by atoms with Crippen molar-refractivity contribution in [2.75, 3.05) is 26.2 Å². The van der Waals surface area contributed by atoms with Gasteiger partial charge < -0.3 is 19.7 Å². The van der Waals surface area contributed by atoms with Crippen LogP contribution in [0.5, 0.6) is 11.5 Å². The summed E-state index contributed by atoms with van der Waals surface area (Å²) < 4.78 is 11.8. The van der Waals surface area contributed by atoms with Gasteiger partial charge in [-0.05, 0) is 42.3 Å². The van der Waals surface area contributed by atoms with Crippen LogP contribution in [0.3, 0.4) is 0 Å². The molecule has 174 valence electrons. The second-order valence-electron chi connectivity index (χ2n) is 8.56. The van der Waals surface area contributed by atoms with Gasteiger partial charge in [-0.1, -0.05) is 23.7 Å². The van der Waals surface area contributed by atoms with Crippen LogP contribution in [0.2, 0.25) is 5.02 Å². The standard InChI is InChI=1S/C25H27ClN2O5/c1-17(29)28-12-9-25(10-13-28)15-22(30)21-14-20(6-7-23(21)33-25)32-16-24(31)27-11-8-18-2-4-19(26)5-3-18/h2-7,14H,8-13,15-16H2,1H3,(H,27,31). The van der Waals surface area contributed by atoms with E-state index in [0.29, 0.717) is 61.0 Å². The van der Waals surface area contributed by atoms with E-state index >= 15 is 0 Å². The van der Waals surface area contributed by atoms with Crippen LogP contribution in [0.4, 0.5) is 0 Å². The van der Waals surface area contributed by atoms with Gasteiger partial charge in [0.1, 0.15) is 17.1 Å². The molecular weight excluding hydrogens is 444 g/mol. The smallest absolute Gasteiger partial charge is 0.257 e. The van der Waals surface area contributed by atoms with Crippen molar-refractivity contribution >= 4 is 29.2 Å². The lowest BCUT2D eigenvalue weighted by Crippen LogP contribution is -2.51. The summed E-state index contributed by atoms with van der Waals surface area (Å²) >= 11 is 5.87. The Morgan fingerprint density at radius 3 is 2.58 bits per heavy atom. The first-order chi connectivity index (χ1) is 15.8. The van der Waals surface area contributed by atoms with E-state index in [1.165, 1.54) is 0 Å². The molecule has 1 N–H and O–H groups in total. The normalized spacial score (nSPS) is 16.7. The van der Waals surface area contributed by atoms with E-state index in [4.69, 9.17) is 21.1 Å². The molecule has 1 fully saturated rings. The Hall–Kier alpha value is -3.06. The average Bonchev–Trinajstić information content (AvgIpc) is 2.79. The molecule has 33 heavy (non-hydrogen) atoms. The summed E-state index contributed by atoms with van der Waals surface area (Å²) in [6, 6.07) is 12.5. The van der Waals surface area contributed by atoms with Crippen LogP contribution in [-0.2, 0) is 16.0 Å². The van der Waals surface area contributed by atoms with E-state index in [2.05, 4.69) is 5.32 Å². The molecule has 0 saturated carbocycles. The fourth-order valence-corrected chi connectivity index (χ4v) is 4.39. The van der Waals surface area contributed by atoms with Crippen LogP contribution in [0.15, 0.2) is 42.5 Å². The molecule has 4 rings (SSSR count). The number of hydrogen-bond acceptors (Lipinski definition) is 5. The molecule has 0 bridgehead atoms. The van der Waals surface area contributed by atoms with Crippen molar-refractivity contribution in [3.8, 4) is 11.5 Å². The molecule has 2 amide bonds. The van der Waals surface area contributed by atoms with E-state index < -0.39 is 5.60 Å². The first kappa shape index (κ1) is 23.1. The molecule has 2 heterocycles. The maximum Gasteiger partial charge on any atom is 0.257 e. The average molecular weight is 471 g/mol. The number of piperidine rings is 1. The van der Waals surface area contributed by atoms with Gasteiger partial charge in [0.05, 0.1) is 12.0 Å². The summed E-state index contributed by atoms with van der Waals surface area (Å²) in [4.78, 5) is 38.3. The van der Waals surface area contributed by atoms with Crippen molar-refractivity contribution in [2.45, 2.75) is 38.2 Å². The molecule has 7 nitrogen and oxygen atoms in total. The van der Waals surface area contributed by atoms with E-state index in [1.54, 1.807) is 30.0 Å². The molecule has 0 radical (unpaired) electrons. The minimum atomic E-state index is -0.553. The van der Waals surface area contributed by atoms with Crippen molar-refractivity contribution in [3.63, 3.8) is 0 Å². The Morgan fingerprint density at radius 2 is 1.88 bits per heavy atom. The highest BCUT2D eigenvalue weighted by Gasteiger charge is 2.43. The predicted octanol–water partition coefficient (Wildman–Crippen LogP) is 3.42. The molecule has 1 saturated heterocycles. The lowest BCUT2D eigenvalue weighted by Gasteiger charge is -2.43. The number of carbonyl (C=O) groups excluding carboxylic acids is 3. The molecule has 2 aromatic carbocycles. The lowest BCUT2D eigenvalue weighted by atomic mass is 9.82. The quantitative estimate of drug-likeness (QED) is 0.699. The molecule has 0 atom stereocenters. The Balaban J connectivity index is 1.28. The fraction of sp³-hybridized carbons (Fsp3) is 0.400. The first-order valence-corrected chi connectivity index (χ1v) is 11.5. The zero-order valence-corrected chi connectivity index (χ0v) is 19.3. The van der Waals surface area contributed by atoms with Gasteiger partial charge >= 0.3 is 0 Å². The van der Waals surface area contributed by atoms with Crippen molar-refractivity contribution in [1.29, 1.82) is 0 Å². The van der Waals surface area contributed by atoms with Crippen molar-refractivity contribution in [1.82, 2.24) is 10.2 Å². The van der Waals surface area contributed by atoms with Crippen molar-refractivity contribution in [3.05, 3.63) is 58.6 Å². The predicted molar refractivity (Wildman–Crippen MR) is 124 cm³/mol. The second kappa shape index (κ2) is 9.83. The minimum absolute atomic E-state index is 0.00890. The summed E-state index contributed by atoms with van der Waals surface area (Å²) in [6.45, 7) is 3.09. The molecule has 0 aliphatic carbocycles. The van der Waals surface area contributed by atoms with Gasteiger partial charge in [-0.2, -0.15) is 0 Å². The van der Waals surface area contributed by atoms with Crippen LogP contribution in [0, 0.1) is 0 Å². The Bertz CT molecular complexity index is 1050. The third-order valence-corrected chi connectivity index (χ3v) is 6.45. The van der Waals surface area contributed by atoms with Gasteiger partial charge in [0, 0.05) is 44.4 Å². The Labute approximate surface area is 198 Å². The number of nitrogens with zero attached hydrogens (tertiary/aromatic N) is 1. The summed E-state index contributed by atoms with van der Waals surface area (Å²) in [5, 5.41) is 3.50. The monoisotopic (exact) mass is 470 g/mol. The number of likely N-dealkylation sites (tertiary alicyclic amines) is 1. The SMILES string of the molecule is CC(=O)N1CCC2(CC1)CC(=O)c1cc(OCC(=O)NCCc3ccc(Cl)cc3)ccc1O2. The zero-order valence-electron chi connectivity index (χ0n) is 18.6. The first-order valence-electron chi connectivity index (χ1n) is 11.1. The maximum atomic E-state index is 12.9. The number of fused-ring (bicyclic) bond motifs is 1. The molecule has 8 heteroatoms. The third kappa shape index (κ3) is 5.66. The number of Topliss-reactive ketones (excluding diaryl/α,β-unsaturated/α-hetero) is 1. The number of ether oxygens (including phenoxy) is 2. The van der Waals surface area contributed by atoms with Crippen LogP contribution in [0.1, 0.15) is 42.1 Å².